The van der Waals surface area contributed by atoms with E-state index in [1.807, 2.05) is 0 Å². The van der Waals surface area contributed by atoms with Crippen molar-refractivity contribution in [2.45, 2.75) is 25.6 Å². The predicted molar refractivity (Wildman–Crippen MR) is 128 cm³/mol. The maximum Gasteiger partial charge on any atom is 0.345 e. The van der Waals surface area contributed by atoms with Crippen molar-refractivity contribution in [3.8, 4) is 28.1 Å². The number of nitrogens with zero attached hydrogens (tertiary/aromatic N) is 9. The normalized spacial score (nSPS) is 12.5. The molecule has 0 aliphatic heterocycles. The van der Waals surface area contributed by atoms with E-state index >= 15 is 4.39 Å². The van der Waals surface area contributed by atoms with Gasteiger partial charge in [0.15, 0.2) is 12.0 Å². The predicted octanol–water partition coefficient (Wildman–Crippen LogP) is 4.43. The van der Waals surface area contributed by atoms with Gasteiger partial charge in [0.2, 0.25) is 5.69 Å². The van der Waals surface area contributed by atoms with Crippen molar-refractivity contribution in [2.75, 3.05) is 6.61 Å². The number of alkyl halides is 4. The molecule has 208 valence electrons. The van der Waals surface area contributed by atoms with E-state index in [2.05, 4.69) is 30.5 Å². The van der Waals surface area contributed by atoms with Crippen LogP contribution in [0.25, 0.3) is 28.1 Å². The Morgan fingerprint density at radius 1 is 1.05 bits per heavy atom. The molecule has 0 fully saturated rings. The lowest BCUT2D eigenvalue weighted by atomic mass is 10.0. The topological polar surface area (TPSA) is 115 Å². The van der Waals surface area contributed by atoms with Crippen LogP contribution in [0, 0.1) is 11.0 Å². The van der Waals surface area contributed by atoms with E-state index in [0.29, 0.717) is 9.41 Å². The van der Waals surface area contributed by atoms with Crippen molar-refractivity contribution in [3.63, 3.8) is 0 Å². The molecule has 0 unspecified atom stereocenters. The zero-order valence-electron chi connectivity index (χ0n) is 20.0. The van der Waals surface area contributed by atoms with E-state index in [0.717, 1.165) is 6.20 Å². The summed E-state index contributed by atoms with van der Waals surface area (Å²) in [7, 11) is 0. The average Bonchev–Trinajstić information content (AvgIpc) is 3.70. The molecular formula is C23H17ClF5N9O2. The molecule has 11 nitrogen and oxygen atoms in total. The van der Waals surface area contributed by atoms with E-state index < -0.39 is 31.6 Å². The Morgan fingerprint density at radius 3 is 2.58 bits per heavy atom. The Morgan fingerprint density at radius 2 is 1.88 bits per heavy atom. The van der Waals surface area contributed by atoms with Crippen LogP contribution in [0.5, 0.6) is 0 Å². The molecule has 1 aromatic carbocycles. The summed E-state index contributed by atoms with van der Waals surface area (Å²) in [5, 5.41) is 31.7. The van der Waals surface area contributed by atoms with Gasteiger partial charge in [0.05, 0.1) is 40.3 Å². The molecule has 0 radical (unpaired) electrons. The number of ether oxygens (including phenoxy) is 1. The molecule has 40 heavy (non-hydrogen) atoms. The van der Waals surface area contributed by atoms with Gasteiger partial charge in [0.25, 0.3) is 0 Å². The molecule has 0 spiro atoms. The molecule has 5 aromatic rings. The maximum absolute atomic E-state index is 15.2. The highest BCUT2D eigenvalue weighted by atomic mass is 35.5. The third-order valence-electron chi connectivity index (χ3n) is 5.95. The fourth-order valence-electron chi connectivity index (χ4n) is 4.20. The van der Waals surface area contributed by atoms with Crippen molar-refractivity contribution in [1.29, 1.82) is 0 Å². The van der Waals surface area contributed by atoms with Crippen LogP contribution >= 0.6 is 11.6 Å². The zero-order chi connectivity index (χ0) is 28.4. The Kier molecular flexibility index (Phi) is 7.70. The largest absolute Gasteiger partial charge is 0.618 e. The van der Waals surface area contributed by atoms with Crippen LogP contribution in [-0.2, 0) is 4.74 Å². The zero-order valence-corrected chi connectivity index (χ0v) is 20.8. The van der Waals surface area contributed by atoms with Crippen LogP contribution in [0.15, 0.2) is 61.4 Å². The summed E-state index contributed by atoms with van der Waals surface area (Å²) in [4.78, 5) is 0. The first-order valence-corrected chi connectivity index (χ1v) is 11.8. The van der Waals surface area contributed by atoms with Crippen LogP contribution in [0.4, 0.5) is 22.0 Å². The molecule has 0 saturated heterocycles. The second kappa shape index (κ2) is 11.4. The Balaban J connectivity index is 1.54. The minimum Gasteiger partial charge on any atom is -0.618 e. The number of hydrogen-bond acceptors (Lipinski definition) is 7. The highest BCUT2D eigenvalue weighted by Gasteiger charge is 2.27. The van der Waals surface area contributed by atoms with Gasteiger partial charge in [-0.15, -0.1) is 5.10 Å². The molecule has 0 aliphatic rings. The number of hydrogen-bond donors (Lipinski definition) is 0. The van der Waals surface area contributed by atoms with Crippen LogP contribution < -0.4 is 4.73 Å². The fraction of sp³-hybridized carbons (Fsp3) is 0.217. The number of benzene rings is 1. The summed E-state index contributed by atoms with van der Waals surface area (Å²) < 4.78 is 74.9. The SMILES string of the molecule is [O-][n+]1cc(-c2c(-n3cnnn3)ccc(Cl)c2F)ccc1[C@@H](CCOC(F)F)n1cc(-c2ccnn2C(F)F)cn1. The van der Waals surface area contributed by atoms with Crippen molar-refractivity contribution < 1.29 is 31.4 Å². The summed E-state index contributed by atoms with van der Waals surface area (Å²) in [5.41, 5.74) is 0.599. The van der Waals surface area contributed by atoms with Gasteiger partial charge < -0.3 is 9.94 Å². The number of rotatable bonds is 10. The van der Waals surface area contributed by atoms with Gasteiger partial charge in [0, 0.05) is 30.4 Å². The first-order valence-electron chi connectivity index (χ1n) is 11.5. The van der Waals surface area contributed by atoms with Crippen molar-refractivity contribution in [2.24, 2.45) is 0 Å². The smallest absolute Gasteiger partial charge is 0.345 e. The summed E-state index contributed by atoms with van der Waals surface area (Å²) in [6, 6.07) is 5.97. The minimum absolute atomic E-state index is 0.0324. The number of aromatic nitrogens is 9. The third-order valence-corrected chi connectivity index (χ3v) is 6.24. The quantitative estimate of drug-likeness (QED) is 0.136. The Hall–Kier alpha value is -4.44. The molecule has 1 atom stereocenters. The fourth-order valence-corrected chi connectivity index (χ4v) is 4.36. The second-order valence-corrected chi connectivity index (χ2v) is 8.67. The summed E-state index contributed by atoms with van der Waals surface area (Å²) in [6.07, 6.45) is 6.02. The highest BCUT2D eigenvalue weighted by molar-refractivity contribution is 6.31. The van der Waals surface area contributed by atoms with Gasteiger partial charge in [-0.1, -0.05) is 11.6 Å². The van der Waals surface area contributed by atoms with Crippen LogP contribution in [-0.4, -0.2) is 53.0 Å². The molecule has 0 amide bonds. The van der Waals surface area contributed by atoms with Crippen LogP contribution in [0.3, 0.4) is 0 Å². The lowest BCUT2D eigenvalue weighted by Crippen LogP contribution is -2.36. The van der Waals surface area contributed by atoms with Gasteiger partial charge >= 0.3 is 13.2 Å². The van der Waals surface area contributed by atoms with Gasteiger partial charge in [-0.3, -0.25) is 4.68 Å². The minimum atomic E-state index is -3.05. The monoisotopic (exact) mass is 581 g/mol. The van der Waals surface area contributed by atoms with Gasteiger partial charge in [-0.25, -0.2) is 9.07 Å². The summed E-state index contributed by atoms with van der Waals surface area (Å²) in [6.45, 7) is -6.42. The maximum atomic E-state index is 15.2. The van der Waals surface area contributed by atoms with Gasteiger partial charge in [-0.05, 0) is 34.7 Å². The summed E-state index contributed by atoms with van der Waals surface area (Å²) >= 11 is 6.00. The first kappa shape index (κ1) is 27.1. The standard InChI is InChI=1S/C23H17ClF5N9O2/c24-15-2-4-19(36-12-30-33-34-36)20(21(15)25)13-1-3-18(37(39)11-13)17(6-8-40-23(28)29)35-10-14(9-32-35)16-5-7-31-38(16)22(26)27/h1-5,7,9-12,17,22-23H,6,8H2/t17-/m1/s1. The Bertz CT molecular complexity index is 1610. The molecular weight excluding hydrogens is 565 g/mol. The molecule has 4 heterocycles. The molecule has 5 rings (SSSR count). The van der Waals surface area contributed by atoms with Crippen LogP contribution in [0.2, 0.25) is 5.02 Å². The van der Waals surface area contributed by atoms with Crippen molar-refractivity contribution in [3.05, 3.63) is 83.2 Å². The van der Waals surface area contributed by atoms with E-state index in [1.54, 1.807) is 0 Å². The molecule has 0 bridgehead atoms. The highest BCUT2D eigenvalue weighted by Crippen LogP contribution is 2.34. The lowest BCUT2D eigenvalue weighted by molar-refractivity contribution is -0.615. The molecule has 0 aliphatic carbocycles. The molecule has 17 heteroatoms. The number of pyridine rings is 1. The molecule has 0 saturated carbocycles. The van der Waals surface area contributed by atoms with Crippen molar-refractivity contribution >= 4 is 11.6 Å². The third kappa shape index (κ3) is 5.35. The van der Waals surface area contributed by atoms with E-state index in [4.69, 9.17) is 11.6 Å². The number of halogens is 6. The van der Waals surface area contributed by atoms with Gasteiger partial charge in [-0.2, -0.15) is 37.2 Å². The molecule has 0 N–H and O–H groups in total. The summed E-state index contributed by atoms with van der Waals surface area (Å²) in [5.74, 6) is -0.823. The van der Waals surface area contributed by atoms with Crippen LogP contribution in [0.1, 0.15) is 24.7 Å². The Labute approximate surface area is 226 Å². The lowest BCUT2D eigenvalue weighted by Gasteiger charge is -2.18. The van der Waals surface area contributed by atoms with Gasteiger partial charge in [0.1, 0.15) is 12.4 Å². The van der Waals surface area contributed by atoms with Crippen molar-refractivity contribution in [1.82, 2.24) is 39.8 Å². The second-order valence-electron chi connectivity index (χ2n) is 8.26. The number of tetrazole rings is 1. The molecule has 4 aromatic heterocycles. The van der Waals surface area contributed by atoms with E-state index in [9.17, 15) is 22.8 Å². The first-order chi connectivity index (χ1) is 19.2. The van der Waals surface area contributed by atoms with E-state index in [1.165, 1.54) is 64.6 Å². The average molecular weight is 582 g/mol. The van der Waals surface area contributed by atoms with E-state index in [-0.39, 0.29) is 45.2 Å².